The van der Waals surface area contributed by atoms with E-state index in [0.29, 0.717) is 0 Å². The maximum absolute atomic E-state index is 11.6. The van der Waals surface area contributed by atoms with E-state index >= 15 is 0 Å². The second-order valence-corrected chi connectivity index (χ2v) is 5.10. The fourth-order valence-electron chi connectivity index (χ4n) is 0.916. The van der Waals surface area contributed by atoms with Gasteiger partial charge in [-0.05, 0) is 18.2 Å². The van der Waals surface area contributed by atoms with Crippen molar-refractivity contribution < 1.29 is 4.74 Å². The molecule has 0 spiro atoms. The molecule has 0 aliphatic carbocycles. The molecule has 0 N–H and O–H groups in total. The van der Waals surface area contributed by atoms with Gasteiger partial charge in [0.15, 0.2) is 11.8 Å². The van der Waals surface area contributed by atoms with Gasteiger partial charge in [-0.25, -0.2) is 4.74 Å². The second kappa shape index (κ2) is 4.13. The molecule has 0 aromatic heterocycles. The molecule has 1 rings (SSSR count). The van der Waals surface area contributed by atoms with E-state index in [2.05, 4.69) is 15.9 Å². The summed E-state index contributed by atoms with van der Waals surface area (Å²) < 4.78 is 1.95. The number of rotatable bonds is 1. The molecule has 0 aliphatic heterocycles. The molecule has 0 saturated carbocycles. The molecule has 3 heteroatoms. The highest BCUT2D eigenvalue weighted by atomic mass is 79.9. The van der Waals surface area contributed by atoms with E-state index in [0.717, 1.165) is 14.8 Å². The van der Waals surface area contributed by atoms with Crippen molar-refractivity contribution in [2.45, 2.75) is 26.3 Å². The SMILES string of the molecule is CC(C)(C)/[N+]([O-])=C/c1cccc(Br)c1. The topological polar surface area (TPSA) is 26.1 Å². The first-order valence-electron chi connectivity index (χ1n) is 4.46. The van der Waals surface area contributed by atoms with Crippen LogP contribution in [0.5, 0.6) is 0 Å². The molecule has 14 heavy (non-hydrogen) atoms. The molecule has 1 aromatic carbocycles. The van der Waals surface area contributed by atoms with Gasteiger partial charge in [-0.2, -0.15) is 0 Å². The minimum atomic E-state index is -0.387. The Morgan fingerprint density at radius 1 is 1.36 bits per heavy atom. The van der Waals surface area contributed by atoms with Gasteiger partial charge < -0.3 is 5.21 Å². The first kappa shape index (κ1) is 11.2. The molecule has 0 unspecified atom stereocenters. The molecule has 0 fully saturated rings. The molecule has 0 saturated heterocycles. The first-order valence-corrected chi connectivity index (χ1v) is 5.26. The summed E-state index contributed by atoms with van der Waals surface area (Å²) in [5.41, 5.74) is 0.520. The largest absolute Gasteiger partial charge is 0.623 e. The predicted molar refractivity (Wildman–Crippen MR) is 62.7 cm³/mol. The molecule has 76 valence electrons. The van der Waals surface area contributed by atoms with Crippen LogP contribution in [0.4, 0.5) is 0 Å². The van der Waals surface area contributed by atoms with Crippen molar-refractivity contribution in [1.29, 1.82) is 0 Å². The quantitative estimate of drug-likeness (QED) is 0.328. The highest BCUT2D eigenvalue weighted by Gasteiger charge is 2.17. The third-order valence-electron chi connectivity index (χ3n) is 1.78. The molecule has 2 nitrogen and oxygen atoms in total. The average molecular weight is 256 g/mol. The number of nitrogens with zero attached hydrogens (tertiary/aromatic N) is 1. The van der Waals surface area contributed by atoms with Crippen LogP contribution in [-0.4, -0.2) is 16.5 Å². The maximum Gasteiger partial charge on any atom is 0.182 e. The van der Waals surface area contributed by atoms with Crippen molar-refractivity contribution in [3.05, 3.63) is 39.5 Å². The average Bonchev–Trinajstić information content (AvgIpc) is 2.02. The van der Waals surface area contributed by atoms with E-state index in [-0.39, 0.29) is 5.54 Å². The minimum Gasteiger partial charge on any atom is -0.623 e. The molecular formula is C11H14BrNO. The number of hydrogen-bond acceptors (Lipinski definition) is 1. The summed E-state index contributed by atoms with van der Waals surface area (Å²) in [5, 5.41) is 11.6. The third-order valence-corrected chi connectivity index (χ3v) is 2.27. The lowest BCUT2D eigenvalue weighted by molar-refractivity contribution is -0.530. The van der Waals surface area contributed by atoms with Gasteiger partial charge in [-0.1, -0.05) is 22.0 Å². The molecule has 0 bridgehead atoms. The lowest BCUT2D eigenvalue weighted by Crippen LogP contribution is -2.29. The van der Waals surface area contributed by atoms with E-state index in [9.17, 15) is 5.21 Å². The zero-order valence-electron chi connectivity index (χ0n) is 8.62. The molecule has 0 aliphatic rings. The Hall–Kier alpha value is -0.830. The first-order chi connectivity index (χ1) is 6.39. The fourth-order valence-corrected chi connectivity index (χ4v) is 1.33. The van der Waals surface area contributed by atoms with Gasteiger partial charge in [0.2, 0.25) is 0 Å². The van der Waals surface area contributed by atoms with Gasteiger partial charge >= 0.3 is 0 Å². The highest BCUT2D eigenvalue weighted by molar-refractivity contribution is 9.10. The van der Waals surface area contributed by atoms with Gasteiger partial charge in [-0.3, -0.25) is 0 Å². The van der Waals surface area contributed by atoms with Crippen LogP contribution < -0.4 is 0 Å². The summed E-state index contributed by atoms with van der Waals surface area (Å²) >= 11 is 3.36. The maximum atomic E-state index is 11.6. The Morgan fingerprint density at radius 3 is 2.50 bits per heavy atom. The molecule has 0 atom stereocenters. The van der Waals surface area contributed by atoms with Gasteiger partial charge in [0, 0.05) is 30.8 Å². The van der Waals surface area contributed by atoms with E-state index < -0.39 is 0 Å². The molecule has 1 aromatic rings. The highest BCUT2D eigenvalue weighted by Crippen LogP contribution is 2.11. The van der Waals surface area contributed by atoms with Gasteiger partial charge in [0.25, 0.3) is 0 Å². The van der Waals surface area contributed by atoms with Crippen LogP contribution in [0, 0.1) is 5.21 Å². The lowest BCUT2D eigenvalue weighted by Gasteiger charge is -2.18. The van der Waals surface area contributed by atoms with E-state index in [1.54, 1.807) is 6.21 Å². The summed E-state index contributed by atoms with van der Waals surface area (Å²) in [6.07, 6.45) is 1.60. The number of hydrogen-bond donors (Lipinski definition) is 0. The predicted octanol–water partition coefficient (Wildman–Crippen LogP) is 3.18. The monoisotopic (exact) mass is 255 g/mol. The number of benzene rings is 1. The summed E-state index contributed by atoms with van der Waals surface area (Å²) in [6.45, 7) is 5.65. The summed E-state index contributed by atoms with van der Waals surface area (Å²) in [5.74, 6) is 0. The third kappa shape index (κ3) is 3.14. The zero-order chi connectivity index (χ0) is 10.8. The van der Waals surface area contributed by atoms with Crippen LogP contribution >= 0.6 is 15.9 Å². The fraction of sp³-hybridized carbons (Fsp3) is 0.364. The van der Waals surface area contributed by atoms with Crippen molar-refractivity contribution in [2.24, 2.45) is 0 Å². The Bertz CT molecular complexity index is 353. The number of halogens is 1. The lowest BCUT2D eigenvalue weighted by atomic mass is 10.1. The smallest absolute Gasteiger partial charge is 0.182 e. The minimum absolute atomic E-state index is 0.387. The van der Waals surface area contributed by atoms with Crippen LogP contribution in [0.2, 0.25) is 0 Å². The van der Waals surface area contributed by atoms with E-state index in [1.165, 1.54) is 0 Å². The zero-order valence-corrected chi connectivity index (χ0v) is 10.2. The Balaban J connectivity index is 2.98. The van der Waals surface area contributed by atoms with Crippen LogP contribution in [0.1, 0.15) is 26.3 Å². The molecule has 0 amide bonds. The van der Waals surface area contributed by atoms with Gasteiger partial charge in [0.1, 0.15) is 0 Å². The molecule has 0 heterocycles. The summed E-state index contributed by atoms with van der Waals surface area (Å²) in [4.78, 5) is 0. The Labute approximate surface area is 93.0 Å². The van der Waals surface area contributed by atoms with Gasteiger partial charge in [0.05, 0.1) is 0 Å². The molecular weight excluding hydrogens is 242 g/mol. The van der Waals surface area contributed by atoms with Gasteiger partial charge in [-0.15, -0.1) is 0 Å². The second-order valence-electron chi connectivity index (χ2n) is 4.18. The molecule has 0 radical (unpaired) electrons. The summed E-state index contributed by atoms with van der Waals surface area (Å²) in [7, 11) is 0. The summed E-state index contributed by atoms with van der Waals surface area (Å²) in [6, 6.07) is 7.66. The Kier molecular flexibility index (Phi) is 3.32. The Morgan fingerprint density at radius 2 is 2.00 bits per heavy atom. The van der Waals surface area contributed by atoms with Crippen LogP contribution in [-0.2, 0) is 0 Å². The van der Waals surface area contributed by atoms with Crippen molar-refractivity contribution >= 4 is 22.1 Å². The van der Waals surface area contributed by atoms with Crippen LogP contribution in [0.15, 0.2) is 28.7 Å². The standard InChI is InChI=1S/C11H14BrNO/c1-11(2,3)13(14)8-9-5-4-6-10(12)7-9/h4-8H,1-3H3/b13-8-. The van der Waals surface area contributed by atoms with Crippen molar-refractivity contribution in [2.75, 3.05) is 0 Å². The van der Waals surface area contributed by atoms with E-state index in [4.69, 9.17) is 0 Å². The van der Waals surface area contributed by atoms with Crippen molar-refractivity contribution in [3.8, 4) is 0 Å². The van der Waals surface area contributed by atoms with Crippen LogP contribution in [0.25, 0.3) is 0 Å². The number of hydroxylamine groups is 1. The normalized spacial score (nSPS) is 13.0. The van der Waals surface area contributed by atoms with E-state index in [1.807, 2.05) is 45.0 Å². The van der Waals surface area contributed by atoms with Crippen LogP contribution in [0.3, 0.4) is 0 Å². The van der Waals surface area contributed by atoms with Crippen molar-refractivity contribution in [3.63, 3.8) is 0 Å². The van der Waals surface area contributed by atoms with Crippen molar-refractivity contribution in [1.82, 2.24) is 0 Å².